The zero-order chi connectivity index (χ0) is 14.7. The van der Waals surface area contributed by atoms with Crippen molar-refractivity contribution in [2.75, 3.05) is 0 Å². The van der Waals surface area contributed by atoms with Crippen molar-refractivity contribution in [3.8, 4) is 5.75 Å². The van der Waals surface area contributed by atoms with Gasteiger partial charge in [-0.05, 0) is 30.2 Å². The molecule has 0 unspecified atom stereocenters. The summed E-state index contributed by atoms with van der Waals surface area (Å²) in [5.74, 6) is 0.808. The Morgan fingerprint density at radius 2 is 1.90 bits per heavy atom. The van der Waals surface area contributed by atoms with Gasteiger partial charge in [0.05, 0.1) is 0 Å². The maximum atomic E-state index is 5.96. The Morgan fingerprint density at radius 3 is 2.67 bits per heavy atom. The molecule has 0 spiro atoms. The molecule has 0 aliphatic rings. The van der Waals surface area contributed by atoms with Crippen LogP contribution in [0.5, 0.6) is 5.75 Å². The van der Waals surface area contributed by atoms with Crippen molar-refractivity contribution in [1.29, 1.82) is 0 Å². The minimum absolute atomic E-state index is 0.541. The number of hydrogen-bond donors (Lipinski definition) is 0. The minimum Gasteiger partial charge on any atom is -0.487 e. The van der Waals surface area contributed by atoms with Gasteiger partial charge in [-0.3, -0.25) is 0 Å². The van der Waals surface area contributed by atoms with Gasteiger partial charge in [-0.15, -0.1) is 0 Å². The lowest BCUT2D eigenvalue weighted by molar-refractivity contribution is 0.309. The van der Waals surface area contributed by atoms with E-state index in [9.17, 15) is 0 Å². The molecule has 0 aliphatic carbocycles. The summed E-state index contributed by atoms with van der Waals surface area (Å²) in [6.07, 6.45) is 1.86. The average molecular weight is 275 g/mol. The highest BCUT2D eigenvalue weighted by molar-refractivity contribution is 5.91. The summed E-state index contributed by atoms with van der Waals surface area (Å²) in [6.45, 7) is 6.40. The lowest BCUT2D eigenvalue weighted by Gasteiger charge is -2.11. The van der Waals surface area contributed by atoms with Crippen molar-refractivity contribution in [3.63, 3.8) is 0 Å². The van der Waals surface area contributed by atoms with Gasteiger partial charge in [-0.25, -0.2) is 4.98 Å². The average Bonchev–Trinajstić information content (AvgIpc) is 2.53. The lowest BCUT2D eigenvalue weighted by Crippen LogP contribution is -1.97. The van der Waals surface area contributed by atoms with Crippen molar-refractivity contribution in [3.05, 3.63) is 78.0 Å². The Hall–Kier alpha value is -2.61. The third kappa shape index (κ3) is 2.79. The van der Waals surface area contributed by atoms with Crippen LogP contribution in [0.25, 0.3) is 17.0 Å². The summed E-state index contributed by atoms with van der Waals surface area (Å²) in [4.78, 5) is 4.62. The largest absolute Gasteiger partial charge is 0.487 e. The summed E-state index contributed by atoms with van der Waals surface area (Å²) in [5.41, 5.74) is 4.09. The summed E-state index contributed by atoms with van der Waals surface area (Å²) >= 11 is 0. The van der Waals surface area contributed by atoms with Crippen molar-refractivity contribution < 1.29 is 4.74 Å². The Bertz CT molecular complexity index is 778. The first-order chi connectivity index (χ1) is 10.3. The van der Waals surface area contributed by atoms with Crippen LogP contribution in [0.3, 0.4) is 0 Å². The van der Waals surface area contributed by atoms with Gasteiger partial charge < -0.3 is 4.74 Å². The zero-order valence-corrected chi connectivity index (χ0v) is 12.0. The molecule has 1 aromatic heterocycles. The first kappa shape index (κ1) is 13.4. The number of benzene rings is 2. The van der Waals surface area contributed by atoms with Gasteiger partial charge >= 0.3 is 0 Å². The van der Waals surface area contributed by atoms with E-state index in [1.165, 1.54) is 0 Å². The standard InChI is InChI=1S/C19H17NO/c1-3-16-12-14(2)20-19-17(16)10-7-11-18(19)21-13-15-8-5-4-6-9-15/h3-12H,1,13H2,2H3. The maximum Gasteiger partial charge on any atom is 0.146 e. The van der Waals surface area contributed by atoms with Gasteiger partial charge in [0.15, 0.2) is 0 Å². The molecule has 0 fully saturated rings. The van der Waals surface area contributed by atoms with E-state index in [1.54, 1.807) is 0 Å². The molecule has 0 saturated carbocycles. The molecular formula is C19H17NO. The van der Waals surface area contributed by atoms with Gasteiger partial charge in [-0.1, -0.05) is 55.1 Å². The van der Waals surface area contributed by atoms with Crippen LogP contribution in [-0.2, 0) is 6.61 Å². The highest BCUT2D eigenvalue weighted by atomic mass is 16.5. The van der Waals surface area contributed by atoms with Crippen LogP contribution in [0.1, 0.15) is 16.8 Å². The van der Waals surface area contributed by atoms with Crippen LogP contribution in [0.4, 0.5) is 0 Å². The maximum absolute atomic E-state index is 5.96. The highest BCUT2D eigenvalue weighted by Crippen LogP contribution is 2.28. The van der Waals surface area contributed by atoms with E-state index < -0.39 is 0 Å². The third-order valence-electron chi connectivity index (χ3n) is 3.42. The SMILES string of the molecule is C=Cc1cc(C)nc2c(OCc3ccccc3)cccc12. The second-order valence-corrected chi connectivity index (χ2v) is 4.98. The monoisotopic (exact) mass is 275 g/mol. The molecule has 3 rings (SSSR count). The lowest BCUT2D eigenvalue weighted by atomic mass is 10.1. The van der Waals surface area contributed by atoms with Crippen LogP contribution in [0.15, 0.2) is 61.2 Å². The Kier molecular flexibility index (Phi) is 3.69. The zero-order valence-electron chi connectivity index (χ0n) is 12.0. The minimum atomic E-state index is 0.541. The molecule has 0 aliphatic heterocycles. The first-order valence-electron chi connectivity index (χ1n) is 6.97. The van der Waals surface area contributed by atoms with E-state index in [2.05, 4.69) is 23.7 Å². The van der Waals surface area contributed by atoms with E-state index in [0.717, 1.165) is 33.5 Å². The number of fused-ring (bicyclic) bond motifs is 1. The quantitative estimate of drug-likeness (QED) is 0.684. The fourth-order valence-electron chi connectivity index (χ4n) is 2.40. The molecule has 0 atom stereocenters. The summed E-state index contributed by atoms with van der Waals surface area (Å²) < 4.78 is 5.96. The molecule has 104 valence electrons. The summed E-state index contributed by atoms with van der Waals surface area (Å²) in [5, 5.41) is 1.07. The molecule has 0 bridgehead atoms. The smallest absolute Gasteiger partial charge is 0.146 e. The molecular weight excluding hydrogens is 258 g/mol. The second kappa shape index (κ2) is 5.80. The van der Waals surface area contributed by atoms with Gasteiger partial charge in [-0.2, -0.15) is 0 Å². The number of hydrogen-bond acceptors (Lipinski definition) is 2. The van der Waals surface area contributed by atoms with Crippen molar-refractivity contribution in [2.24, 2.45) is 0 Å². The molecule has 2 nitrogen and oxygen atoms in total. The molecule has 0 amide bonds. The topological polar surface area (TPSA) is 22.1 Å². The number of rotatable bonds is 4. The number of pyridine rings is 1. The molecule has 2 heteroatoms. The molecule has 2 aromatic carbocycles. The Labute approximate surface area is 124 Å². The Balaban J connectivity index is 1.99. The molecule has 3 aromatic rings. The number of aromatic nitrogens is 1. The van der Waals surface area contributed by atoms with E-state index in [-0.39, 0.29) is 0 Å². The van der Waals surface area contributed by atoms with Crippen molar-refractivity contribution >= 4 is 17.0 Å². The predicted octanol–water partition coefficient (Wildman–Crippen LogP) is 4.77. The van der Waals surface area contributed by atoms with Gasteiger partial charge in [0.1, 0.15) is 17.9 Å². The molecule has 21 heavy (non-hydrogen) atoms. The summed E-state index contributed by atoms with van der Waals surface area (Å²) in [7, 11) is 0. The predicted molar refractivity (Wildman–Crippen MR) is 87.3 cm³/mol. The van der Waals surface area contributed by atoms with Gasteiger partial charge in [0.25, 0.3) is 0 Å². The third-order valence-corrected chi connectivity index (χ3v) is 3.42. The van der Waals surface area contributed by atoms with Crippen LogP contribution in [0.2, 0.25) is 0 Å². The number of para-hydroxylation sites is 1. The van der Waals surface area contributed by atoms with Gasteiger partial charge in [0.2, 0.25) is 0 Å². The molecule has 1 heterocycles. The fraction of sp³-hybridized carbons (Fsp3) is 0.105. The molecule has 0 radical (unpaired) electrons. The number of ether oxygens (including phenoxy) is 1. The molecule has 0 saturated heterocycles. The Morgan fingerprint density at radius 1 is 1.10 bits per heavy atom. The van der Waals surface area contributed by atoms with Crippen molar-refractivity contribution in [1.82, 2.24) is 4.98 Å². The van der Waals surface area contributed by atoms with Crippen LogP contribution < -0.4 is 4.74 Å². The fourth-order valence-corrected chi connectivity index (χ4v) is 2.40. The normalized spacial score (nSPS) is 10.5. The van der Waals surface area contributed by atoms with E-state index in [4.69, 9.17) is 4.74 Å². The first-order valence-corrected chi connectivity index (χ1v) is 6.97. The van der Waals surface area contributed by atoms with Gasteiger partial charge in [0, 0.05) is 11.1 Å². The van der Waals surface area contributed by atoms with Crippen LogP contribution in [-0.4, -0.2) is 4.98 Å². The van der Waals surface area contributed by atoms with E-state index >= 15 is 0 Å². The molecule has 0 N–H and O–H groups in total. The van der Waals surface area contributed by atoms with Crippen molar-refractivity contribution in [2.45, 2.75) is 13.5 Å². The van der Waals surface area contributed by atoms with E-state index in [0.29, 0.717) is 6.61 Å². The number of aryl methyl sites for hydroxylation is 1. The van der Waals surface area contributed by atoms with Crippen LogP contribution >= 0.6 is 0 Å². The van der Waals surface area contributed by atoms with E-state index in [1.807, 2.05) is 55.5 Å². The second-order valence-electron chi connectivity index (χ2n) is 4.98. The number of nitrogens with zero attached hydrogens (tertiary/aromatic N) is 1. The highest BCUT2D eigenvalue weighted by Gasteiger charge is 2.07. The summed E-state index contributed by atoms with van der Waals surface area (Å²) in [6, 6.07) is 18.2. The van der Waals surface area contributed by atoms with Crippen LogP contribution in [0, 0.1) is 6.92 Å².